The van der Waals surface area contributed by atoms with E-state index in [1.54, 1.807) is 19.1 Å². The molecule has 0 saturated carbocycles. The van der Waals surface area contributed by atoms with Crippen LogP contribution in [0.2, 0.25) is 20.1 Å². The molecule has 2 amide bonds. The molecule has 12 heteroatoms. The minimum Gasteiger partial charge on any atom is -0.352 e. The van der Waals surface area contributed by atoms with Crippen molar-refractivity contribution in [3.63, 3.8) is 0 Å². The Morgan fingerprint density at radius 2 is 1.53 bits per heavy atom. The Bertz CT molecular complexity index is 1210. The van der Waals surface area contributed by atoms with Crippen molar-refractivity contribution in [2.45, 2.75) is 52.2 Å². The summed E-state index contributed by atoms with van der Waals surface area (Å²) in [5.41, 5.74) is 0.651. The molecule has 0 aliphatic carbocycles. The average molecular weight is 597 g/mol. The average Bonchev–Trinajstić information content (AvgIpc) is 2.78. The Morgan fingerprint density at radius 3 is 2.03 bits per heavy atom. The van der Waals surface area contributed by atoms with Gasteiger partial charge in [-0.25, -0.2) is 8.42 Å². The molecular weight excluding hydrogens is 568 g/mol. The minimum atomic E-state index is -3.93. The van der Waals surface area contributed by atoms with Crippen molar-refractivity contribution in [3.05, 3.63) is 62.1 Å². The molecule has 2 rings (SSSR count). The number of benzene rings is 2. The molecule has 2 aromatic carbocycles. The van der Waals surface area contributed by atoms with Crippen LogP contribution in [0.15, 0.2) is 36.4 Å². The summed E-state index contributed by atoms with van der Waals surface area (Å²) in [6.07, 6.45) is 1.97. The zero-order valence-corrected chi connectivity index (χ0v) is 24.2. The number of hydrogen-bond acceptors (Lipinski definition) is 4. The van der Waals surface area contributed by atoms with Crippen LogP contribution in [-0.4, -0.2) is 50.0 Å². The van der Waals surface area contributed by atoms with Gasteiger partial charge in [0.1, 0.15) is 12.6 Å². The number of halogens is 4. The van der Waals surface area contributed by atoms with Crippen molar-refractivity contribution in [2.24, 2.45) is 0 Å². The first kappa shape index (κ1) is 30.5. The Hall–Kier alpha value is -1.71. The first-order chi connectivity index (χ1) is 16.8. The number of carbonyl (C=O) groups excluding carboxylic acids is 2. The maximum absolute atomic E-state index is 13.7. The molecule has 198 valence electrons. The van der Waals surface area contributed by atoms with Crippen LogP contribution in [0, 0.1) is 0 Å². The highest BCUT2D eigenvalue weighted by Crippen LogP contribution is 2.31. The zero-order chi connectivity index (χ0) is 27.2. The van der Waals surface area contributed by atoms with Crippen LogP contribution < -0.4 is 9.62 Å². The molecule has 1 N–H and O–H groups in total. The highest BCUT2D eigenvalue weighted by Gasteiger charge is 2.33. The summed E-state index contributed by atoms with van der Waals surface area (Å²) in [6, 6.07) is 8.13. The Kier molecular flexibility index (Phi) is 11.2. The second kappa shape index (κ2) is 13.2. The summed E-state index contributed by atoms with van der Waals surface area (Å²) < 4.78 is 26.3. The van der Waals surface area contributed by atoms with Crippen molar-refractivity contribution in [1.29, 1.82) is 0 Å². The Balaban J connectivity index is 2.51. The fourth-order valence-corrected chi connectivity index (χ4v) is 5.36. The number of sulfonamides is 1. The molecule has 0 bridgehead atoms. The maximum atomic E-state index is 13.7. The highest BCUT2D eigenvalue weighted by molar-refractivity contribution is 7.92. The van der Waals surface area contributed by atoms with Crippen molar-refractivity contribution < 1.29 is 18.0 Å². The van der Waals surface area contributed by atoms with E-state index in [1.165, 1.54) is 29.2 Å². The second-order valence-electron chi connectivity index (χ2n) is 8.36. The number of nitrogens with one attached hydrogen (secondary N) is 1. The van der Waals surface area contributed by atoms with Crippen molar-refractivity contribution in [3.8, 4) is 0 Å². The van der Waals surface area contributed by atoms with Crippen LogP contribution in [0.25, 0.3) is 0 Å². The van der Waals surface area contributed by atoms with Crippen molar-refractivity contribution >= 4 is 73.9 Å². The quantitative estimate of drug-likeness (QED) is 0.356. The van der Waals surface area contributed by atoms with E-state index in [0.29, 0.717) is 33.5 Å². The van der Waals surface area contributed by atoms with E-state index in [0.717, 1.165) is 10.6 Å². The van der Waals surface area contributed by atoms with Crippen molar-refractivity contribution in [1.82, 2.24) is 10.2 Å². The van der Waals surface area contributed by atoms with E-state index in [-0.39, 0.29) is 29.2 Å². The number of nitrogens with zero attached hydrogens (tertiary/aromatic N) is 2. The summed E-state index contributed by atoms with van der Waals surface area (Å²) in [4.78, 5) is 28.2. The lowest BCUT2D eigenvalue weighted by Gasteiger charge is -2.33. The summed E-state index contributed by atoms with van der Waals surface area (Å²) in [6.45, 7) is 4.95. The van der Waals surface area contributed by atoms with Gasteiger partial charge in [0, 0.05) is 27.7 Å². The topological polar surface area (TPSA) is 86.8 Å². The molecule has 0 saturated heterocycles. The molecule has 7 nitrogen and oxygen atoms in total. The number of rotatable bonds is 11. The lowest BCUT2D eigenvalue weighted by molar-refractivity contribution is -0.140. The molecule has 0 fully saturated rings. The molecule has 2 atom stereocenters. The number of hydrogen-bond donors (Lipinski definition) is 1. The minimum absolute atomic E-state index is 0.0345. The molecule has 0 aliphatic rings. The lowest BCUT2D eigenvalue weighted by atomic mass is 10.1. The fourth-order valence-electron chi connectivity index (χ4n) is 3.47. The molecule has 2 aromatic rings. The largest absolute Gasteiger partial charge is 0.352 e. The molecule has 0 heterocycles. The number of anilines is 1. The van der Waals surface area contributed by atoms with Gasteiger partial charge in [0.05, 0.1) is 17.0 Å². The van der Waals surface area contributed by atoms with Gasteiger partial charge in [-0.2, -0.15) is 0 Å². The van der Waals surface area contributed by atoms with Crippen LogP contribution in [0.3, 0.4) is 0 Å². The van der Waals surface area contributed by atoms with Crippen LogP contribution in [0.4, 0.5) is 5.69 Å². The standard InChI is InChI=1S/C24H29Cl4N3O4S/c1-5-15(3)29-24(33)21(6-2)30(13-16-7-8-17(25)11-19(16)27)23(32)14-31(36(4,34)35)22-10-9-18(26)12-20(22)28/h7-12,15,21H,5-6,13-14H2,1-4H3,(H,29,33). The van der Waals surface area contributed by atoms with Gasteiger partial charge in [-0.3, -0.25) is 13.9 Å². The normalized spacial score (nSPS) is 13.1. The van der Waals surface area contributed by atoms with Crippen LogP contribution in [-0.2, 0) is 26.2 Å². The van der Waals surface area contributed by atoms with Gasteiger partial charge in [0.15, 0.2) is 0 Å². The van der Waals surface area contributed by atoms with Gasteiger partial charge >= 0.3 is 0 Å². The fraction of sp³-hybridized carbons (Fsp3) is 0.417. The van der Waals surface area contributed by atoms with Crippen LogP contribution in [0.5, 0.6) is 0 Å². The molecular formula is C24H29Cl4N3O4S. The van der Waals surface area contributed by atoms with E-state index in [9.17, 15) is 18.0 Å². The lowest BCUT2D eigenvalue weighted by Crippen LogP contribution is -2.53. The molecule has 0 aromatic heterocycles. The number of amides is 2. The maximum Gasteiger partial charge on any atom is 0.244 e. The molecule has 0 aliphatic heterocycles. The van der Waals surface area contributed by atoms with Gasteiger partial charge in [-0.05, 0) is 55.7 Å². The third kappa shape index (κ3) is 8.15. The summed E-state index contributed by atoms with van der Waals surface area (Å²) in [7, 11) is -3.93. The van der Waals surface area contributed by atoms with E-state index < -0.39 is 28.5 Å². The van der Waals surface area contributed by atoms with Gasteiger partial charge in [0.25, 0.3) is 0 Å². The van der Waals surface area contributed by atoms with Crippen molar-refractivity contribution in [2.75, 3.05) is 17.1 Å². The van der Waals surface area contributed by atoms with Gasteiger partial charge < -0.3 is 10.2 Å². The second-order valence-corrected chi connectivity index (χ2v) is 12.0. The highest BCUT2D eigenvalue weighted by atomic mass is 35.5. The van der Waals surface area contributed by atoms with Gasteiger partial charge in [0.2, 0.25) is 21.8 Å². The van der Waals surface area contributed by atoms with Crippen LogP contribution in [0.1, 0.15) is 39.2 Å². The zero-order valence-electron chi connectivity index (χ0n) is 20.4. The van der Waals surface area contributed by atoms with Crippen LogP contribution >= 0.6 is 46.4 Å². The van der Waals surface area contributed by atoms with Gasteiger partial charge in [-0.15, -0.1) is 0 Å². The Morgan fingerprint density at radius 1 is 0.944 bits per heavy atom. The molecule has 36 heavy (non-hydrogen) atoms. The first-order valence-corrected chi connectivity index (χ1v) is 14.6. The SMILES string of the molecule is CCC(C)NC(=O)C(CC)N(Cc1ccc(Cl)cc1Cl)C(=O)CN(c1ccc(Cl)cc1Cl)S(C)(=O)=O. The molecule has 0 radical (unpaired) electrons. The molecule has 2 unspecified atom stereocenters. The smallest absolute Gasteiger partial charge is 0.244 e. The number of carbonyl (C=O) groups is 2. The monoisotopic (exact) mass is 595 g/mol. The van der Waals surface area contributed by atoms with E-state index in [2.05, 4.69) is 5.32 Å². The van der Waals surface area contributed by atoms with E-state index in [4.69, 9.17) is 46.4 Å². The van der Waals surface area contributed by atoms with Gasteiger partial charge in [-0.1, -0.05) is 66.3 Å². The summed E-state index contributed by atoms with van der Waals surface area (Å²) in [5.74, 6) is -0.954. The Labute approximate surface area is 232 Å². The van der Waals surface area contributed by atoms with E-state index in [1.807, 2.05) is 13.8 Å². The first-order valence-electron chi connectivity index (χ1n) is 11.2. The summed E-state index contributed by atoms with van der Waals surface area (Å²) in [5, 5.41) is 4.02. The third-order valence-corrected chi connectivity index (χ3v) is 7.85. The molecule has 0 spiro atoms. The van der Waals surface area contributed by atoms with E-state index >= 15 is 0 Å². The predicted molar refractivity (Wildman–Crippen MR) is 148 cm³/mol. The third-order valence-electron chi connectivity index (χ3n) is 5.60. The predicted octanol–water partition coefficient (Wildman–Crippen LogP) is 5.79. The summed E-state index contributed by atoms with van der Waals surface area (Å²) >= 11 is 24.6.